The molecule has 0 aromatic heterocycles. The Kier molecular flexibility index (Phi) is 56.2. The molecule has 1 aromatic carbocycles. The van der Waals surface area contributed by atoms with E-state index in [1.807, 2.05) is 48.5 Å². The molecule has 0 aliphatic rings. The van der Waals surface area contributed by atoms with Crippen LogP contribution in [-0.2, 0) is 111 Å². The number of unbranched alkanes of at least 4 members (excludes halogenated alkanes) is 2. The Labute approximate surface area is 668 Å². The van der Waals surface area contributed by atoms with E-state index in [1.165, 1.54) is 23.5 Å². The number of nitrogens with one attached hydrogen (secondary N) is 12. The molecule has 0 radical (unpaired) electrons. The summed E-state index contributed by atoms with van der Waals surface area (Å²) in [7, 11) is 0. The molecule has 0 bridgehead atoms. The van der Waals surface area contributed by atoms with E-state index < -0.39 is 149 Å². The first-order valence-corrected chi connectivity index (χ1v) is 39.7. The highest BCUT2D eigenvalue weighted by Gasteiger charge is 2.35. The number of carboxylic acid groups (broad SMARTS) is 1. The van der Waals surface area contributed by atoms with Gasteiger partial charge in [0.2, 0.25) is 76.8 Å². The second kappa shape index (κ2) is 61.3. The number of hydrogen-bond acceptors (Lipinski definition) is 26. The number of alkyl halides is 1. The molecule has 37 nitrogen and oxygen atoms in total. The number of rotatable bonds is 65. The Hall–Kier alpha value is -7.22. The summed E-state index contributed by atoms with van der Waals surface area (Å²) >= 11 is 12.7. The number of carbonyl (C=O) groups excluding carboxylic acids is 13. The fourth-order valence-corrected chi connectivity index (χ4v) is 11.3. The maximum absolute atomic E-state index is 14.4. The molecule has 0 aliphatic heterocycles. The van der Waals surface area contributed by atoms with Crippen molar-refractivity contribution in [3.8, 4) is 0 Å². The van der Waals surface area contributed by atoms with Crippen LogP contribution in [-0.4, -0.2) is 308 Å². The second-order valence-corrected chi connectivity index (χ2v) is 30.9. The fourth-order valence-electron chi connectivity index (χ4n) is 9.11. The van der Waals surface area contributed by atoms with Gasteiger partial charge in [-0.25, -0.2) is 0 Å². The number of ether oxygens (including phenoxy) is 8. The summed E-state index contributed by atoms with van der Waals surface area (Å²) in [4.78, 5) is 182. The summed E-state index contributed by atoms with van der Waals surface area (Å²) in [5, 5.41) is 41.0. The number of amides is 13. The number of thioether (sulfide) groups is 2. The van der Waals surface area contributed by atoms with Gasteiger partial charge < -0.3 is 118 Å². The van der Waals surface area contributed by atoms with Gasteiger partial charge in [-0.15, -0.1) is 11.6 Å². The molecule has 0 unspecified atom stereocenters. The van der Waals surface area contributed by atoms with Gasteiger partial charge in [0.1, 0.15) is 74.6 Å². The normalized spacial score (nSPS) is 13.2. The SMILES string of the molecule is CCCC[C@H](NC(=O)[C@H](CSC(C)(C)C)NC(=O)[C@H](CCCCN)NC(=O)CCl)C(=O)NCC(=O)N[C@@H](CC(=O)O)C(=O)N[C@@H](CSC(C)(C)C)C(=O)N[C@@H](Cc1ccccc1)C(=O)N[C@@H](CS)C(=O)NCCOCCOCCOCCNC(=O)COCC(=O)NCCOCCOCCOCCNC(=O)COCC(N)=O. The lowest BCUT2D eigenvalue weighted by Crippen LogP contribution is -2.60. The minimum Gasteiger partial charge on any atom is -0.481 e. The van der Waals surface area contributed by atoms with Crippen molar-refractivity contribution >= 4 is 131 Å². The van der Waals surface area contributed by atoms with Crippen molar-refractivity contribution in [2.75, 3.05) is 168 Å². The molecule has 0 saturated carbocycles. The molecular weight excluding hydrogens is 1540 g/mol. The molecule has 17 N–H and O–H groups in total. The van der Waals surface area contributed by atoms with Crippen LogP contribution in [0.4, 0.5) is 0 Å². The third kappa shape index (κ3) is 54.2. The van der Waals surface area contributed by atoms with Crippen LogP contribution in [0.15, 0.2) is 30.3 Å². The first kappa shape index (κ1) is 102. The van der Waals surface area contributed by atoms with E-state index in [0.717, 1.165) is 0 Å². The monoisotopic (exact) mass is 1650 g/mol. The van der Waals surface area contributed by atoms with Crippen molar-refractivity contribution in [2.24, 2.45) is 11.5 Å². The summed E-state index contributed by atoms with van der Waals surface area (Å²) < 4.78 is 41.8. The zero-order chi connectivity index (χ0) is 82.8. The van der Waals surface area contributed by atoms with Crippen molar-refractivity contribution in [3.05, 3.63) is 35.9 Å². The van der Waals surface area contributed by atoms with Crippen molar-refractivity contribution in [2.45, 2.75) is 152 Å². The predicted octanol–water partition coefficient (Wildman–Crippen LogP) is -3.15. The van der Waals surface area contributed by atoms with Crippen LogP contribution in [0.3, 0.4) is 0 Å². The van der Waals surface area contributed by atoms with E-state index in [0.29, 0.717) is 57.6 Å². The number of carboxylic acids is 1. The van der Waals surface area contributed by atoms with Crippen LogP contribution in [0.2, 0.25) is 0 Å². The van der Waals surface area contributed by atoms with Crippen molar-refractivity contribution < 1.29 is 110 Å². The maximum atomic E-state index is 14.4. The first-order chi connectivity index (χ1) is 52.8. The molecular formula is C70H119ClN14O23S3. The van der Waals surface area contributed by atoms with Crippen molar-refractivity contribution in [1.82, 2.24) is 63.8 Å². The van der Waals surface area contributed by atoms with Gasteiger partial charge in [0.25, 0.3) is 0 Å². The van der Waals surface area contributed by atoms with Gasteiger partial charge in [0.05, 0.1) is 92.2 Å². The Balaban J connectivity index is 2.76. The molecule has 0 saturated heterocycles. The van der Waals surface area contributed by atoms with Crippen molar-refractivity contribution in [1.29, 1.82) is 0 Å². The number of thiol groups is 1. The van der Waals surface area contributed by atoms with Gasteiger partial charge in [-0.1, -0.05) is 91.6 Å². The summed E-state index contributed by atoms with van der Waals surface area (Å²) in [6.07, 6.45) is 1.34. The molecule has 0 heterocycles. The van der Waals surface area contributed by atoms with Crippen LogP contribution in [0.5, 0.6) is 0 Å². The highest BCUT2D eigenvalue weighted by Crippen LogP contribution is 2.25. The van der Waals surface area contributed by atoms with Crippen LogP contribution in [0, 0.1) is 0 Å². The van der Waals surface area contributed by atoms with E-state index in [4.69, 9.17) is 61.0 Å². The Morgan fingerprint density at radius 2 is 0.820 bits per heavy atom. The Bertz CT molecular complexity index is 2970. The zero-order valence-electron chi connectivity index (χ0n) is 64.7. The van der Waals surface area contributed by atoms with Crippen LogP contribution < -0.4 is 75.3 Å². The highest BCUT2D eigenvalue weighted by atomic mass is 35.5. The minimum absolute atomic E-state index is 0.0306. The van der Waals surface area contributed by atoms with Gasteiger partial charge in [0, 0.05) is 59.4 Å². The van der Waals surface area contributed by atoms with Gasteiger partial charge in [-0.3, -0.25) is 67.1 Å². The molecule has 0 aliphatic carbocycles. The Morgan fingerprint density at radius 3 is 1.25 bits per heavy atom. The number of aliphatic carboxylic acids is 1. The predicted molar refractivity (Wildman–Crippen MR) is 418 cm³/mol. The number of hydrogen-bond donors (Lipinski definition) is 16. The van der Waals surface area contributed by atoms with Gasteiger partial charge >= 0.3 is 5.97 Å². The average Bonchev–Trinajstić information content (AvgIpc) is 0.856. The first-order valence-electron chi connectivity index (χ1n) is 36.6. The van der Waals surface area contributed by atoms with Crippen LogP contribution >= 0.6 is 47.8 Å². The molecule has 1 aromatic rings. The van der Waals surface area contributed by atoms with Crippen molar-refractivity contribution in [3.63, 3.8) is 0 Å². The summed E-state index contributed by atoms with van der Waals surface area (Å²) in [5.41, 5.74) is 11.2. The number of primary amides is 1. The fraction of sp³-hybridized carbons (Fsp3) is 0.714. The lowest BCUT2D eigenvalue weighted by molar-refractivity contribution is -0.141. The number of benzene rings is 1. The summed E-state index contributed by atoms with van der Waals surface area (Å²) in [5.74, 6) is -11.3. The van der Waals surface area contributed by atoms with Gasteiger partial charge in [0.15, 0.2) is 0 Å². The largest absolute Gasteiger partial charge is 0.481 e. The van der Waals surface area contributed by atoms with E-state index in [1.54, 1.807) is 30.3 Å². The van der Waals surface area contributed by atoms with E-state index >= 15 is 0 Å². The molecule has 0 spiro atoms. The number of halogens is 1. The van der Waals surface area contributed by atoms with Crippen LogP contribution in [0.1, 0.15) is 99.0 Å². The molecule has 111 heavy (non-hydrogen) atoms. The molecule has 41 heteroatoms. The quantitative estimate of drug-likeness (QED) is 0.0174. The third-order valence-corrected chi connectivity index (χ3v) is 18.0. The zero-order valence-corrected chi connectivity index (χ0v) is 68.0. The van der Waals surface area contributed by atoms with E-state index in [9.17, 15) is 72.2 Å². The third-order valence-electron chi connectivity index (χ3n) is 14.7. The Morgan fingerprint density at radius 1 is 0.441 bits per heavy atom. The molecule has 632 valence electrons. The maximum Gasteiger partial charge on any atom is 0.305 e. The summed E-state index contributed by atoms with van der Waals surface area (Å²) in [6, 6.07) is -0.678. The van der Waals surface area contributed by atoms with E-state index in [-0.39, 0.29) is 153 Å². The second-order valence-electron chi connectivity index (χ2n) is 26.6. The number of carbonyl (C=O) groups is 14. The molecule has 13 amide bonds. The molecule has 0 fully saturated rings. The van der Waals surface area contributed by atoms with Gasteiger partial charge in [-0.05, 0) is 37.8 Å². The summed E-state index contributed by atoms with van der Waals surface area (Å²) in [6.45, 7) is 14.7. The molecule has 7 atom stereocenters. The average molecular weight is 1660 g/mol. The number of nitrogens with two attached hydrogens (primary N) is 2. The smallest absolute Gasteiger partial charge is 0.305 e. The van der Waals surface area contributed by atoms with Crippen LogP contribution in [0.25, 0.3) is 0 Å². The lowest BCUT2D eigenvalue weighted by atomic mass is 10.0. The lowest BCUT2D eigenvalue weighted by Gasteiger charge is -2.28. The standard InChI is InChI=1S/C70H119ClN14O23S3/c1-8-9-17-48(81-67(99)53(45-110-69(2,3)4)84-64(96)49(18-13-14-19-72)79-56(87)38-71)62(94)78-39-57(88)80-51(37-61(92)93)66(98)85-54(46-111-70(5,6)7)68(100)82-50(36-47-15-11-10-12-16-47)65(97)83-52(44-109)63(95)77-23-27-104-31-35-106-34-30-103-26-22-76-60(91)43-108-42-59(90)75-21-25-102-29-33-105-32-28-101-24-20-74-58(89)41-107-40-55(73)86/h10-12,15-16,48-54,109H,8-9,13-14,17-46,72H2,1-7H3,(H2,73,86)(H,74,89)(H,75,90)(H,76,91)(H,77,95)(H,78,94)(H,79,87)(H,80,88)(H,81,99)(H,82,100)(H,83,97)(H,84,96)(H,85,98)(H,92,93)/t48-,49-,50-,51-,52-,53-,54-/m0/s1. The minimum atomic E-state index is -1.81. The topological polar surface area (TPSA) is 529 Å². The highest BCUT2D eigenvalue weighted by molar-refractivity contribution is 8.00. The molecule has 1 rings (SSSR count). The van der Waals surface area contributed by atoms with Gasteiger partial charge in [-0.2, -0.15) is 36.2 Å². The van der Waals surface area contributed by atoms with E-state index in [2.05, 4.69) is 76.4 Å².